The Kier molecular flexibility index (Phi) is 2.81. The minimum atomic E-state index is -0.850. The van der Waals surface area contributed by atoms with Gasteiger partial charge in [-0.25, -0.2) is 0 Å². The molecular weight excluding hydrogens is 317 g/mol. The number of nitrogens with zero attached hydrogens (tertiary/aromatic N) is 2. The van der Waals surface area contributed by atoms with Gasteiger partial charge in [0.2, 0.25) is 0 Å². The Bertz CT molecular complexity index is 667. The molecule has 3 N–H and O–H groups in total. The predicted molar refractivity (Wildman–Crippen MR) is 72.6 cm³/mol. The van der Waals surface area contributed by atoms with Gasteiger partial charge in [-0.2, -0.15) is 0 Å². The van der Waals surface area contributed by atoms with Gasteiger partial charge in [-0.1, -0.05) is 0 Å². The van der Waals surface area contributed by atoms with E-state index in [-0.39, 0.29) is 15.0 Å². The zero-order valence-corrected chi connectivity index (χ0v) is 11.7. The van der Waals surface area contributed by atoms with Gasteiger partial charge in [-0.3, -0.25) is 0 Å². The third-order valence-corrected chi connectivity index (χ3v) is 6.06. The molecule has 3 rings (SSSR count). The molecule has 1 atom stereocenters. The van der Waals surface area contributed by atoms with Gasteiger partial charge in [0.15, 0.2) is 0 Å². The quantitative estimate of drug-likeness (QED) is 0.641. The van der Waals surface area contributed by atoms with Crippen LogP contribution in [0.1, 0.15) is 5.01 Å². The standard InChI is InChI=1S/C11H9N3O2SSe/c12-5-1-2-6-8(3-5)17-9(13-6)10-14-7(4-18-10)11(15)16/h1-3,7H,4,12H2,(H,15,16). The molecule has 2 aromatic rings. The van der Waals surface area contributed by atoms with Crippen LogP contribution in [-0.4, -0.2) is 41.7 Å². The molecule has 1 unspecified atom stereocenters. The first kappa shape index (κ1) is 11.6. The second kappa shape index (κ2) is 4.35. The van der Waals surface area contributed by atoms with E-state index in [0.717, 1.165) is 19.8 Å². The third-order valence-electron chi connectivity index (χ3n) is 2.53. The SMILES string of the molecule is Nc1ccc2nc(C3=NC(C(=O)O)C[Se]3)sc2c1. The van der Waals surface area contributed by atoms with Gasteiger partial charge in [0.05, 0.1) is 0 Å². The Labute approximate surface area is 113 Å². The number of fused-ring (bicyclic) bond motifs is 1. The fourth-order valence-electron chi connectivity index (χ4n) is 1.65. The van der Waals surface area contributed by atoms with Crippen molar-refractivity contribution in [3.05, 3.63) is 23.2 Å². The fourth-order valence-corrected chi connectivity index (χ4v) is 5.02. The topological polar surface area (TPSA) is 88.6 Å². The van der Waals surface area contributed by atoms with Crippen LogP contribution < -0.4 is 5.73 Å². The van der Waals surface area contributed by atoms with Gasteiger partial charge < -0.3 is 0 Å². The molecule has 0 fully saturated rings. The van der Waals surface area contributed by atoms with Crippen molar-refractivity contribution in [3.63, 3.8) is 0 Å². The summed E-state index contributed by atoms with van der Waals surface area (Å²) in [6.45, 7) is 0. The van der Waals surface area contributed by atoms with Crippen LogP contribution in [0.2, 0.25) is 5.32 Å². The summed E-state index contributed by atoms with van der Waals surface area (Å²) in [6.07, 6.45) is 0. The van der Waals surface area contributed by atoms with Gasteiger partial charge in [-0.15, -0.1) is 0 Å². The van der Waals surface area contributed by atoms with Gasteiger partial charge in [0.1, 0.15) is 0 Å². The number of hydrogen-bond donors (Lipinski definition) is 2. The maximum atomic E-state index is 10.9. The Morgan fingerprint density at radius 2 is 2.39 bits per heavy atom. The summed E-state index contributed by atoms with van der Waals surface area (Å²) < 4.78 is 1.87. The van der Waals surface area contributed by atoms with Crippen LogP contribution in [0, 0.1) is 0 Å². The molecule has 1 aliphatic rings. The molecule has 1 aromatic carbocycles. The monoisotopic (exact) mass is 327 g/mol. The number of carbonyl (C=O) groups is 1. The van der Waals surface area contributed by atoms with Gasteiger partial charge >= 0.3 is 113 Å². The first-order valence-electron chi connectivity index (χ1n) is 5.23. The molecular formula is C11H9N3O2SSe. The van der Waals surface area contributed by atoms with Crippen molar-refractivity contribution in [3.8, 4) is 0 Å². The van der Waals surface area contributed by atoms with Gasteiger partial charge in [0.25, 0.3) is 0 Å². The molecule has 0 amide bonds. The number of nitrogen functional groups attached to an aromatic ring is 1. The fraction of sp³-hybridized carbons (Fsp3) is 0.182. The summed E-state index contributed by atoms with van der Waals surface area (Å²) in [5.74, 6) is -0.850. The van der Waals surface area contributed by atoms with E-state index in [1.807, 2.05) is 18.2 Å². The normalized spacial score (nSPS) is 19.1. The molecule has 0 bridgehead atoms. The maximum absolute atomic E-state index is 10.9. The zero-order chi connectivity index (χ0) is 12.7. The molecule has 0 saturated heterocycles. The van der Waals surface area contributed by atoms with Crippen LogP contribution in [0.5, 0.6) is 0 Å². The molecule has 0 saturated carbocycles. The Morgan fingerprint density at radius 3 is 3.11 bits per heavy atom. The summed E-state index contributed by atoms with van der Waals surface area (Å²) in [5.41, 5.74) is 7.32. The summed E-state index contributed by atoms with van der Waals surface area (Å²) >= 11 is 1.62. The van der Waals surface area contributed by atoms with E-state index in [1.54, 1.807) is 0 Å². The predicted octanol–water partition coefficient (Wildman–Crippen LogP) is 1.21. The number of thiazole rings is 1. The van der Waals surface area contributed by atoms with Crippen molar-refractivity contribution >= 4 is 52.8 Å². The first-order valence-corrected chi connectivity index (χ1v) is 8.12. The van der Waals surface area contributed by atoms with Gasteiger partial charge in [-0.05, 0) is 0 Å². The van der Waals surface area contributed by atoms with E-state index in [9.17, 15) is 4.79 Å². The average Bonchev–Trinajstić information content (AvgIpc) is 2.93. The second-order valence-corrected chi connectivity index (χ2v) is 6.99. The van der Waals surface area contributed by atoms with E-state index in [0.29, 0.717) is 11.0 Å². The summed E-state index contributed by atoms with van der Waals surface area (Å²) in [6, 6.07) is 4.99. The number of rotatable bonds is 2. The Balaban J connectivity index is 2.00. The molecule has 92 valence electrons. The van der Waals surface area contributed by atoms with Crippen molar-refractivity contribution in [2.75, 3.05) is 5.73 Å². The van der Waals surface area contributed by atoms with E-state index in [1.165, 1.54) is 11.3 Å². The van der Waals surface area contributed by atoms with Crippen LogP contribution in [0.25, 0.3) is 10.2 Å². The van der Waals surface area contributed by atoms with E-state index in [2.05, 4.69) is 9.98 Å². The molecule has 0 radical (unpaired) electrons. The van der Waals surface area contributed by atoms with Crippen molar-refractivity contribution in [1.82, 2.24) is 4.98 Å². The van der Waals surface area contributed by atoms with Crippen LogP contribution in [0.4, 0.5) is 5.69 Å². The number of aromatic nitrogens is 1. The van der Waals surface area contributed by atoms with Crippen molar-refractivity contribution in [2.45, 2.75) is 11.4 Å². The second-order valence-electron chi connectivity index (χ2n) is 3.85. The van der Waals surface area contributed by atoms with Crippen molar-refractivity contribution < 1.29 is 9.90 Å². The molecule has 0 aliphatic carbocycles. The van der Waals surface area contributed by atoms with Gasteiger partial charge in [0, 0.05) is 0 Å². The number of anilines is 1. The first-order chi connectivity index (χ1) is 8.63. The molecule has 2 heterocycles. The Morgan fingerprint density at radius 1 is 1.56 bits per heavy atom. The summed E-state index contributed by atoms with van der Waals surface area (Å²) in [5, 5.41) is 10.4. The Hall–Kier alpha value is -1.43. The van der Waals surface area contributed by atoms with Crippen LogP contribution in [0.3, 0.4) is 0 Å². The molecule has 1 aromatic heterocycles. The van der Waals surface area contributed by atoms with Crippen molar-refractivity contribution in [2.24, 2.45) is 4.99 Å². The van der Waals surface area contributed by atoms with Crippen LogP contribution >= 0.6 is 11.3 Å². The molecule has 0 spiro atoms. The van der Waals surface area contributed by atoms with E-state index >= 15 is 0 Å². The summed E-state index contributed by atoms with van der Waals surface area (Å²) in [7, 11) is 0. The van der Waals surface area contributed by atoms with E-state index in [4.69, 9.17) is 10.8 Å². The summed E-state index contributed by atoms with van der Waals surface area (Å²) in [4.78, 5) is 19.6. The average molecular weight is 326 g/mol. The number of aliphatic imine (C=N–C) groups is 1. The van der Waals surface area contributed by atoms with Crippen LogP contribution in [-0.2, 0) is 4.79 Å². The molecule has 7 heteroatoms. The van der Waals surface area contributed by atoms with E-state index < -0.39 is 12.0 Å². The third kappa shape index (κ3) is 2.01. The zero-order valence-electron chi connectivity index (χ0n) is 9.16. The molecule has 5 nitrogen and oxygen atoms in total. The van der Waals surface area contributed by atoms with Crippen molar-refractivity contribution in [1.29, 1.82) is 0 Å². The number of carboxylic acids is 1. The van der Waals surface area contributed by atoms with Crippen LogP contribution in [0.15, 0.2) is 23.2 Å². The number of benzene rings is 1. The number of nitrogens with two attached hydrogens (primary N) is 1. The number of aliphatic carboxylic acids is 1. The minimum absolute atomic E-state index is 0.0997. The molecule has 18 heavy (non-hydrogen) atoms. The number of carboxylic acid groups (broad SMARTS) is 1. The molecule has 1 aliphatic heterocycles. The number of hydrogen-bond acceptors (Lipinski definition) is 5.